The largest absolute Gasteiger partial charge is 0.408 e. The summed E-state index contributed by atoms with van der Waals surface area (Å²) in [6.45, 7) is 0. The molecule has 3 rings (SSSR count). The fourth-order valence-corrected chi connectivity index (χ4v) is 2.70. The average Bonchev–Trinajstić information content (AvgIpc) is 3.43. The molecule has 1 saturated carbocycles. The Labute approximate surface area is 147 Å². The number of carbonyl (C=O) groups is 2. The molecule has 0 aliphatic heterocycles. The van der Waals surface area contributed by atoms with Gasteiger partial charge in [0.15, 0.2) is 0 Å². The van der Waals surface area contributed by atoms with Crippen molar-refractivity contribution in [1.29, 1.82) is 0 Å². The van der Waals surface area contributed by atoms with Crippen molar-refractivity contribution >= 4 is 11.8 Å². The van der Waals surface area contributed by atoms with Crippen LogP contribution in [-0.4, -0.2) is 29.0 Å². The third kappa shape index (κ3) is 4.01. The van der Waals surface area contributed by atoms with Gasteiger partial charge in [0.25, 0.3) is 5.91 Å². The van der Waals surface area contributed by atoms with Gasteiger partial charge in [-0.15, -0.1) is 0 Å². The molecule has 0 spiro atoms. The number of benzene rings is 1. The molecule has 8 heteroatoms. The predicted octanol–water partition coefficient (Wildman–Crippen LogP) is 2.92. The summed E-state index contributed by atoms with van der Waals surface area (Å²) in [7, 11) is 0. The molecule has 26 heavy (non-hydrogen) atoms. The molecule has 3 N–H and O–H groups in total. The molecule has 0 saturated heterocycles. The van der Waals surface area contributed by atoms with Gasteiger partial charge in [-0.25, -0.2) is 0 Å². The van der Waals surface area contributed by atoms with Gasteiger partial charge in [-0.2, -0.15) is 13.2 Å². The maximum Gasteiger partial charge on any atom is 0.408 e. The molecule has 1 heterocycles. The second-order valence-electron chi connectivity index (χ2n) is 6.24. The monoisotopic (exact) mass is 363 g/mol. The highest BCUT2D eigenvalue weighted by molar-refractivity contribution is 5.96. The van der Waals surface area contributed by atoms with Crippen LogP contribution in [0, 0.1) is 5.92 Å². The van der Waals surface area contributed by atoms with Crippen LogP contribution in [-0.2, 0) is 0 Å². The number of nitrogens with one attached hydrogen (secondary N) is 1. The second-order valence-corrected chi connectivity index (χ2v) is 6.24. The van der Waals surface area contributed by atoms with Crippen LogP contribution in [0.3, 0.4) is 0 Å². The number of halogens is 3. The summed E-state index contributed by atoms with van der Waals surface area (Å²) in [4.78, 5) is 27.5. The maximum absolute atomic E-state index is 13.1. The number of rotatable bonds is 5. The normalized spacial score (nSPS) is 15.3. The van der Waals surface area contributed by atoms with E-state index in [0.717, 1.165) is 0 Å². The van der Waals surface area contributed by atoms with Crippen LogP contribution >= 0.6 is 0 Å². The van der Waals surface area contributed by atoms with Gasteiger partial charge in [-0.1, -0.05) is 12.1 Å². The molecule has 1 aromatic heterocycles. The molecule has 1 unspecified atom stereocenters. The molecule has 136 valence electrons. The van der Waals surface area contributed by atoms with E-state index in [1.54, 1.807) is 18.2 Å². The van der Waals surface area contributed by atoms with Gasteiger partial charge in [0.1, 0.15) is 6.04 Å². The maximum atomic E-state index is 13.1. The van der Waals surface area contributed by atoms with Crippen LogP contribution in [0.25, 0.3) is 11.1 Å². The van der Waals surface area contributed by atoms with Crippen molar-refractivity contribution in [3.05, 3.63) is 53.9 Å². The van der Waals surface area contributed by atoms with Crippen molar-refractivity contribution in [3.63, 3.8) is 0 Å². The molecule has 1 aliphatic rings. The first-order chi connectivity index (χ1) is 12.3. The second kappa shape index (κ2) is 6.78. The summed E-state index contributed by atoms with van der Waals surface area (Å²) < 4.78 is 39.2. The summed E-state index contributed by atoms with van der Waals surface area (Å²) in [5.41, 5.74) is 6.62. The van der Waals surface area contributed by atoms with Crippen LogP contribution in [0.2, 0.25) is 0 Å². The molecule has 2 amide bonds. The van der Waals surface area contributed by atoms with Crippen molar-refractivity contribution in [2.75, 3.05) is 0 Å². The predicted molar refractivity (Wildman–Crippen MR) is 88.2 cm³/mol. The number of hydrogen-bond acceptors (Lipinski definition) is 3. The molecule has 1 aromatic carbocycles. The van der Waals surface area contributed by atoms with Crippen molar-refractivity contribution in [3.8, 4) is 11.1 Å². The van der Waals surface area contributed by atoms with E-state index >= 15 is 0 Å². The third-order valence-corrected chi connectivity index (χ3v) is 4.21. The standard InChI is InChI=1S/C18H16F3N3O2/c19-18(20,21)15(10-4-5-10)24-17(26)14-7-13(8-23-9-14)11-2-1-3-12(6-11)16(22)25/h1-3,6-10,15H,4-5H2,(H2,22,25)(H,24,26). The Morgan fingerprint density at radius 1 is 1.12 bits per heavy atom. The van der Waals surface area contributed by atoms with Crippen LogP contribution in [0.5, 0.6) is 0 Å². The fourth-order valence-electron chi connectivity index (χ4n) is 2.70. The van der Waals surface area contributed by atoms with Crippen molar-refractivity contribution in [1.82, 2.24) is 10.3 Å². The van der Waals surface area contributed by atoms with E-state index in [-0.39, 0.29) is 11.1 Å². The minimum absolute atomic E-state index is 0.0156. The highest BCUT2D eigenvalue weighted by atomic mass is 19.4. The van der Waals surface area contributed by atoms with Gasteiger partial charge in [0.05, 0.1) is 5.56 Å². The van der Waals surface area contributed by atoms with E-state index in [9.17, 15) is 22.8 Å². The van der Waals surface area contributed by atoms with Gasteiger partial charge in [0.2, 0.25) is 5.91 Å². The van der Waals surface area contributed by atoms with Gasteiger partial charge < -0.3 is 11.1 Å². The smallest absolute Gasteiger partial charge is 0.366 e. The number of pyridine rings is 1. The molecule has 1 atom stereocenters. The Morgan fingerprint density at radius 3 is 2.42 bits per heavy atom. The quantitative estimate of drug-likeness (QED) is 0.857. The molecule has 1 aliphatic carbocycles. The van der Waals surface area contributed by atoms with E-state index in [2.05, 4.69) is 10.3 Å². The summed E-state index contributed by atoms with van der Waals surface area (Å²) in [6.07, 6.45) is -0.931. The van der Waals surface area contributed by atoms with E-state index in [1.165, 1.54) is 24.5 Å². The Kier molecular flexibility index (Phi) is 4.67. The lowest BCUT2D eigenvalue weighted by Crippen LogP contribution is -2.46. The lowest BCUT2D eigenvalue weighted by Gasteiger charge is -2.21. The molecule has 0 radical (unpaired) electrons. The zero-order valence-electron chi connectivity index (χ0n) is 13.6. The number of alkyl halides is 3. The minimum atomic E-state index is -4.49. The number of nitrogens with zero attached hydrogens (tertiary/aromatic N) is 1. The molecule has 0 bridgehead atoms. The summed E-state index contributed by atoms with van der Waals surface area (Å²) in [5.74, 6) is -2.01. The van der Waals surface area contributed by atoms with E-state index < -0.39 is 30.0 Å². The highest BCUT2D eigenvalue weighted by Crippen LogP contribution is 2.40. The molecular weight excluding hydrogens is 347 g/mol. The zero-order chi connectivity index (χ0) is 18.9. The third-order valence-electron chi connectivity index (χ3n) is 4.21. The first kappa shape index (κ1) is 17.9. The van der Waals surface area contributed by atoms with Crippen molar-refractivity contribution < 1.29 is 22.8 Å². The summed E-state index contributed by atoms with van der Waals surface area (Å²) in [6, 6.07) is 5.96. The first-order valence-electron chi connectivity index (χ1n) is 7.98. The van der Waals surface area contributed by atoms with Gasteiger partial charge in [-0.3, -0.25) is 14.6 Å². The lowest BCUT2D eigenvalue weighted by molar-refractivity contribution is -0.158. The number of primary amides is 1. The van der Waals surface area contributed by atoms with Gasteiger partial charge >= 0.3 is 6.18 Å². The lowest BCUT2D eigenvalue weighted by atomic mass is 10.0. The number of nitrogens with two attached hydrogens (primary N) is 1. The Hall–Kier alpha value is -2.90. The summed E-state index contributed by atoms with van der Waals surface area (Å²) in [5, 5.41) is 2.07. The molecule has 5 nitrogen and oxygen atoms in total. The number of carbonyl (C=O) groups excluding carboxylic acids is 2. The Morgan fingerprint density at radius 2 is 1.81 bits per heavy atom. The summed E-state index contributed by atoms with van der Waals surface area (Å²) >= 11 is 0. The molecule has 1 fully saturated rings. The molecule has 2 aromatic rings. The molecular formula is C18H16F3N3O2. The number of aromatic nitrogens is 1. The number of amides is 2. The number of hydrogen-bond donors (Lipinski definition) is 2. The fraction of sp³-hybridized carbons (Fsp3) is 0.278. The minimum Gasteiger partial charge on any atom is -0.366 e. The van der Waals surface area contributed by atoms with Gasteiger partial charge in [0, 0.05) is 23.5 Å². The van der Waals surface area contributed by atoms with Gasteiger partial charge in [-0.05, 0) is 42.5 Å². The first-order valence-corrected chi connectivity index (χ1v) is 7.98. The SMILES string of the molecule is NC(=O)c1cccc(-c2cncc(C(=O)NC(C3CC3)C(F)(F)F)c2)c1. The van der Waals surface area contributed by atoms with Crippen molar-refractivity contribution in [2.45, 2.75) is 25.1 Å². The Balaban J connectivity index is 1.84. The van der Waals surface area contributed by atoms with E-state index in [1.807, 2.05) is 0 Å². The zero-order valence-corrected chi connectivity index (χ0v) is 13.6. The van der Waals surface area contributed by atoms with Crippen LogP contribution in [0.4, 0.5) is 13.2 Å². The van der Waals surface area contributed by atoms with E-state index in [0.29, 0.717) is 24.0 Å². The van der Waals surface area contributed by atoms with Crippen LogP contribution in [0.15, 0.2) is 42.7 Å². The van der Waals surface area contributed by atoms with Crippen LogP contribution < -0.4 is 11.1 Å². The highest BCUT2D eigenvalue weighted by Gasteiger charge is 2.49. The van der Waals surface area contributed by atoms with E-state index in [4.69, 9.17) is 5.73 Å². The average molecular weight is 363 g/mol. The topological polar surface area (TPSA) is 85.1 Å². The Bertz CT molecular complexity index is 848. The van der Waals surface area contributed by atoms with Crippen molar-refractivity contribution in [2.24, 2.45) is 11.7 Å². The van der Waals surface area contributed by atoms with Crippen LogP contribution in [0.1, 0.15) is 33.6 Å².